The third kappa shape index (κ3) is 39.8. The van der Waals surface area contributed by atoms with Gasteiger partial charge in [0.05, 0.1) is 23.7 Å². The van der Waals surface area contributed by atoms with Crippen molar-refractivity contribution >= 4 is 51.7 Å². The van der Waals surface area contributed by atoms with Crippen LogP contribution in [0.1, 0.15) is 135 Å². The number of carbonyl (C=O) groups excluding carboxylic acids is 7. The van der Waals surface area contributed by atoms with Crippen LogP contribution in [0.25, 0.3) is 0 Å². The summed E-state index contributed by atoms with van der Waals surface area (Å²) in [7, 11) is 2.82. The van der Waals surface area contributed by atoms with Crippen molar-refractivity contribution in [2.75, 3.05) is 54.6 Å². The monoisotopic (exact) mass is 1020 g/mol. The molecule has 0 aliphatic carbocycles. The highest BCUT2D eigenvalue weighted by atomic mass is 32.2. The van der Waals surface area contributed by atoms with Crippen LogP contribution in [-0.2, 0) is 63.5 Å². The van der Waals surface area contributed by atoms with E-state index in [1.165, 1.54) is 46.4 Å². The van der Waals surface area contributed by atoms with Crippen molar-refractivity contribution in [2.24, 2.45) is 0 Å². The molecular weight excluding hydrogens is 940 g/mol. The van der Waals surface area contributed by atoms with Crippen molar-refractivity contribution in [1.29, 1.82) is 0 Å². The van der Waals surface area contributed by atoms with Crippen molar-refractivity contribution in [3.05, 3.63) is 29.8 Å². The first kappa shape index (κ1) is 75.8. The molecule has 406 valence electrons. The number of carboxylic acid groups (broad SMARTS) is 1. The number of ether oxygens (including phenoxy) is 2. The fourth-order valence-corrected chi connectivity index (χ4v) is 5.29. The molecule has 0 atom stereocenters. The summed E-state index contributed by atoms with van der Waals surface area (Å²) in [6.45, 7) is 25.0. The van der Waals surface area contributed by atoms with Crippen LogP contribution in [0.2, 0.25) is 0 Å². The fourth-order valence-electron chi connectivity index (χ4n) is 4.39. The Morgan fingerprint density at radius 1 is 0.609 bits per heavy atom. The van der Waals surface area contributed by atoms with Crippen molar-refractivity contribution in [2.45, 2.75) is 163 Å². The molecule has 0 saturated heterocycles. The van der Waals surface area contributed by atoms with Crippen molar-refractivity contribution in [3.63, 3.8) is 0 Å². The molecular formula is C45H84F3N5O15S. The van der Waals surface area contributed by atoms with E-state index in [4.69, 9.17) is 29.0 Å². The highest BCUT2D eigenvalue weighted by molar-refractivity contribution is 7.86. The number of nitrogens with one attached hydrogen (secondary N) is 1. The maximum atomic E-state index is 12.5. The number of hydrogen-bond donors (Lipinski definition) is 4. The number of carbonyl (C=O) groups is 7. The summed E-state index contributed by atoms with van der Waals surface area (Å²) in [5.41, 5.74) is -1.98. The van der Waals surface area contributed by atoms with Crippen LogP contribution in [0, 0.1) is 0 Å². The lowest BCUT2D eigenvalue weighted by molar-refractivity contribution is -0.302. The van der Waals surface area contributed by atoms with Crippen LogP contribution in [0.4, 0.5) is 13.2 Å². The molecule has 69 heavy (non-hydrogen) atoms. The second-order valence-corrected chi connectivity index (χ2v) is 19.1. The van der Waals surface area contributed by atoms with Gasteiger partial charge < -0.3 is 55.8 Å². The minimum atomic E-state index is -4.54. The van der Waals surface area contributed by atoms with Gasteiger partial charge in [-0.2, -0.15) is 21.6 Å². The van der Waals surface area contributed by atoms with E-state index < -0.39 is 45.3 Å². The predicted molar refractivity (Wildman–Crippen MR) is 254 cm³/mol. The average molecular weight is 1020 g/mol. The minimum Gasteiger partial charge on any atom is -0.550 e. The van der Waals surface area contributed by atoms with Gasteiger partial charge in [0.1, 0.15) is 0 Å². The number of rotatable bonds is 16. The third-order valence-electron chi connectivity index (χ3n) is 10.0. The van der Waals surface area contributed by atoms with Gasteiger partial charge in [0.25, 0.3) is 10.1 Å². The Morgan fingerprint density at radius 3 is 1.16 bits per heavy atom. The summed E-state index contributed by atoms with van der Waals surface area (Å²) in [5.74, 6) is -2.63. The lowest BCUT2D eigenvalue weighted by Crippen LogP contribution is -2.44. The van der Waals surface area contributed by atoms with Gasteiger partial charge in [-0.25, -0.2) is 0 Å². The van der Waals surface area contributed by atoms with Crippen LogP contribution >= 0.6 is 0 Å². The zero-order valence-corrected chi connectivity index (χ0v) is 45.4. The molecule has 0 aliphatic rings. The van der Waals surface area contributed by atoms with E-state index in [0.29, 0.717) is 31.6 Å². The van der Waals surface area contributed by atoms with Gasteiger partial charge in [-0.3, -0.25) is 33.0 Å². The molecule has 20 nitrogen and oxygen atoms in total. The summed E-state index contributed by atoms with van der Waals surface area (Å²) in [6.07, 6.45) is -2.23. The predicted octanol–water partition coefficient (Wildman–Crippen LogP) is 4.48. The fraction of sp³-hybridized carbons (Fsp3) is 0.711. The third-order valence-corrected chi connectivity index (χ3v) is 11.3. The number of aliphatic hydroxyl groups is 2. The number of quaternary nitrogens is 1. The van der Waals surface area contributed by atoms with Crippen molar-refractivity contribution < 1.29 is 84.1 Å². The number of esters is 3. The number of carboxylic acids is 1. The van der Waals surface area contributed by atoms with Crippen LogP contribution in [0.3, 0.4) is 0 Å². The van der Waals surface area contributed by atoms with Crippen LogP contribution in [-0.4, -0.2) is 152 Å². The normalized spacial score (nSPS) is 11.1. The Hall–Kier alpha value is -4.75. The number of nitrogens with zero attached hydrogens (tertiary/aromatic N) is 3. The average Bonchev–Trinajstić information content (AvgIpc) is 3.16. The first-order valence-electron chi connectivity index (χ1n) is 21.1. The first-order valence-corrected chi connectivity index (χ1v) is 22.6. The Bertz CT molecular complexity index is 1790. The van der Waals surface area contributed by atoms with E-state index in [1.54, 1.807) is 44.8 Å². The Morgan fingerprint density at radius 2 is 0.928 bits per heavy atom. The van der Waals surface area contributed by atoms with Gasteiger partial charge in [0, 0.05) is 110 Å². The quantitative estimate of drug-likeness (QED) is 0.101. The molecule has 0 aromatic heterocycles. The molecule has 0 saturated carbocycles. The molecule has 1 aromatic carbocycles. The SMILES string of the molecule is CC(=O)N(C)C(C)(C)CCO.CC(=O)N(C)C(C)(C)CCOS(=O)(=O)c1ccc(C(F)(F)F)cc1.CC(=O)OC(C)=O.CC(=O)OCCC(C)(C)N(C)C(C)=O.CC(=O)[O-].CNC(C)(C)CCO.[NH4+]. The molecule has 0 heterocycles. The molecule has 0 radical (unpaired) electrons. The Kier molecular flexibility index (Phi) is 38.8. The molecule has 0 aliphatic heterocycles. The van der Waals surface area contributed by atoms with E-state index in [9.17, 15) is 50.4 Å². The minimum absolute atomic E-state index is 0. The number of aliphatic carboxylic acids is 1. The van der Waals surface area contributed by atoms with E-state index in [-0.39, 0.29) is 77.6 Å². The molecule has 0 unspecified atom stereocenters. The molecule has 24 heteroatoms. The maximum absolute atomic E-state index is 12.5. The van der Waals surface area contributed by atoms with Gasteiger partial charge in [0.15, 0.2) is 0 Å². The lowest BCUT2D eigenvalue weighted by atomic mass is 9.99. The summed E-state index contributed by atoms with van der Waals surface area (Å²) in [6, 6.07) is 3.07. The summed E-state index contributed by atoms with van der Waals surface area (Å²) >= 11 is 0. The Labute approximate surface area is 408 Å². The van der Waals surface area contributed by atoms with Crippen LogP contribution in [0.15, 0.2) is 29.2 Å². The number of alkyl halides is 3. The van der Waals surface area contributed by atoms with E-state index in [0.717, 1.165) is 25.5 Å². The summed E-state index contributed by atoms with van der Waals surface area (Å²) < 4.78 is 75.1. The number of amides is 3. The van der Waals surface area contributed by atoms with Gasteiger partial charge in [0.2, 0.25) is 17.7 Å². The van der Waals surface area contributed by atoms with Crippen LogP contribution in [0.5, 0.6) is 0 Å². The number of aliphatic hydroxyl groups excluding tert-OH is 2. The van der Waals surface area contributed by atoms with E-state index in [1.807, 2.05) is 34.7 Å². The van der Waals surface area contributed by atoms with Gasteiger partial charge in [-0.1, -0.05) is 0 Å². The topological polar surface area (TPSA) is 303 Å². The highest BCUT2D eigenvalue weighted by Crippen LogP contribution is 2.30. The zero-order valence-electron chi connectivity index (χ0n) is 44.6. The van der Waals surface area contributed by atoms with E-state index in [2.05, 4.69) is 23.9 Å². The molecule has 7 N–H and O–H groups in total. The van der Waals surface area contributed by atoms with Crippen molar-refractivity contribution in [1.82, 2.24) is 26.2 Å². The smallest absolute Gasteiger partial charge is 0.416 e. The summed E-state index contributed by atoms with van der Waals surface area (Å²) in [5, 5.41) is 29.2. The molecule has 0 fully saturated rings. The maximum Gasteiger partial charge on any atom is 0.416 e. The van der Waals surface area contributed by atoms with E-state index >= 15 is 0 Å². The standard InChI is InChI=1S/C15H20F3NO4S.C10H19NO3.C8H17NO2.C6H15NO.C4H6O3.C2H4O2.H3N/c1-11(20)19(4)14(2,3)9-10-23-24(21,22)13-7-5-12(6-8-13)15(16,17)18;1-8(12)11(5)10(3,4)6-7-14-9(2)13;1-7(11)9(4)8(2,3)5-6-10;1-6(2,7-3)4-5-8;1-3(5)7-4(2)6;1-2(3)4;/h5-8H,9-10H2,1-4H3;6-7H2,1-5H3;10H,5-6H2,1-4H3;7-8H,4-5H2,1-3H3;1-2H3;1H3,(H,3,4);1H3. The highest BCUT2D eigenvalue weighted by Gasteiger charge is 2.31. The molecule has 0 spiro atoms. The largest absolute Gasteiger partial charge is 0.550 e. The second-order valence-electron chi connectivity index (χ2n) is 17.5. The first-order chi connectivity index (χ1) is 30.4. The lowest BCUT2D eigenvalue weighted by Gasteiger charge is -2.34. The van der Waals surface area contributed by atoms with Gasteiger partial charge >= 0.3 is 24.1 Å². The molecule has 3 amide bonds. The Balaban J connectivity index is -0.000000189. The molecule has 0 bridgehead atoms. The number of hydrogen-bond acceptors (Lipinski definition) is 16. The van der Waals surface area contributed by atoms with Crippen molar-refractivity contribution in [3.8, 4) is 0 Å². The second kappa shape index (κ2) is 35.4. The van der Waals surface area contributed by atoms with Gasteiger partial charge in [-0.15, -0.1) is 0 Å². The molecule has 1 aromatic rings. The van der Waals surface area contributed by atoms with Gasteiger partial charge in [-0.05, 0) is 113 Å². The summed E-state index contributed by atoms with van der Waals surface area (Å²) in [4.78, 5) is 76.8. The molecule has 1 rings (SSSR count). The zero-order chi connectivity index (χ0) is 55.2. The number of benzene rings is 1. The number of halogens is 3. The van der Waals surface area contributed by atoms with Crippen LogP contribution < -0.4 is 16.6 Å².